The predicted octanol–water partition coefficient (Wildman–Crippen LogP) is -0.0522. The van der Waals surface area contributed by atoms with E-state index in [4.69, 9.17) is 10.8 Å². The first-order chi connectivity index (χ1) is 7.06. The lowest BCUT2D eigenvalue weighted by molar-refractivity contribution is -0.385. The summed E-state index contributed by atoms with van der Waals surface area (Å²) in [7, 11) is 0. The number of nitrogens with two attached hydrogens (primary N) is 1. The van der Waals surface area contributed by atoms with E-state index in [1.54, 1.807) is 0 Å². The fourth-order valence-electron chi connectivity index (χ4n) is 1.17. The molecule has 0 saturated heterocycles. The van der Waals surface area contributed by atoms with Crippen LogP contribution in [-0.4, -0.2) is 27.8 Å². The van der Waals surface area contributed by atoms with Crippen molar-refractivity contribution in [1.29, 1.82) is 0 Å². The van der Waals surface area contributed by atoms with Crippen molar-refractivity contribution in [1.82, 2.24) is 0 Å². The van der Waals surface area contributed by atoms with Crippen LogP contribution in [0.2, 0.25) is 0 Å². The maximum atomic E-state index is 10.5. The minimum absolute atomic E-state index is 0.114. The maximum absolute atomic E-state index is 10.5. The van der Waals surface area contributed by atoms with Crippen molar-refractivity contribution >= 4 is 5.69 Å². The van der Waals surface area contributed by atoms with Crippen LogP contribution in [0.25, 0.3) is 0 Å². The standard InChI is InChI=1S/C9H12N2O4/c10-8(5-12)9(13)6-2-1-3-7(4-6)11(14)15/h1-4,8-9,12-13H,5,10H2. The number of nitro benzene ring substituents is 1. The van der Waals surface area contributed by atoms with E-state index in [0.29, 0.717) is 5.56 Å². The number of hydrogen-bond donors (Lipinski definition) is 3. The van der Waals surface area contributed by atoms with Gasteiger partial charge in [-0.3, -0.25) is 10.1 Å². The summed E-state index contributed by atoms with van der Waals surface area (Å²) >= 11 is 0. The van der Waals surface area contributed by atoms with Crippen LogP contribution in [0.1, 0.15) is 11.7 Å². The van der Waals surface area contributed by atoms with Gasteiger partial charge in [0.15, 0.2) is 0 Å². The zero-order chi connectivity index (χ0) is 11.4. The van der Waals surface area contributed by atoms with Crippen LogP contribution in [0.4, 0.5) is 5.69 Å². The van der Waals surface area contributed by atoms with E-state index < -0.39 is 17.1 Å². The Morgan fingerprint density at radius 2 is 2.20 bits per heavy atom. The number of benzene rings is 1. The fourth-order valence-corrected chi connectivity index (χ4v) is 1.17. The minimum atomic E-state index is -1.10. The first-order valence-corrected chi connectivity index (χ1v) is 4.35. The number of aliphatic hydroxyl groups is 2. The van der Waals surface area contributed by atoms with Crippen LogP contribution in [-0.2, 0) is 0 Å². The van der Waals surface area contributed by atoms with Crippen LogP contribution >= 0.6 is 0 Å². The molecule has 4 N–H and O–H groups in total. The molecule has 1 rings (SSSR count). The molecule has 0 aliphatic rings. The normalized spacial score (nSPS) is 14.6. The van der Waals surface area contributed by atoms with Crippen molar-refractivity contribution in [3.63, 3.8) is 0 Å². The minimum Gasteiger partial charge on any atom is -0.395 e. The van der Waals surface area contributed by atoms with E-state index >= 15 is 0 Å². The lowest BCUT2D eigenvalue weighted by Crippen LogP contribution is -2.31. The first-order valence-electron chi connectivity index (χ1n) is 4.35. The third kappa shape index (κ3) is 2.72. The molecule has 0 bridgehead atoms. The number of nitro groups is 1. The van der Waals surface area contributed by atoms with Gasteiger partial charge >= 0.3 is 0 Å². The van der Waals surface area contributed by atoms with E-state index in [9.17, 15) is 15.2 Å². The Kier molecular flexibility index (Phi) is 3.73. The Balaban J connectivity index is 2.94. The van der Waals surface area contributed by atoms with Gasteiger partial charge in [-0.15, -0.1) is 0 Å². The van der Waals surface area contributed by atoms with Crippen molar-refractivity contribution in [2.75, 3.05) is 6.61 Å². The highest BCUT2D eigenvalue weighted by atomic mass is 16.6. The molecule has 0 aromatic heterocycles. The quantitative estimate of drug-likeness (QED) is 0.478. The van der Waals surface area contributed by atoms with Crippen molar-refractivity contribution in [2.24, 2.45) is 5.73 Å². The van der Waals surface area contributed by atoms with Crippen LogP contribution in [0.15, 0.2) is 24.3 Å². The van der Waals surface area contributed by atoms with Gasteiger partial charge in [-0.1, -0.05) is 12.1 Å². The number of aliphatic hydroxyl groups excluding tert-OH is 2. The van der Waals surface area contributed by atoms with Crippen molar-refractivity contribution < 1.29 is 15.1 Å². The predicted molar refractivity (Wildman–Crippen MR) is 53.1 cm³/mol. The second-order valence-corrected chi connectivity index (χ2v) is 3.14. The van der Waals surface area contributed by atoms with Gasteiger partial charge in [0.2, 0.25) is 0 Å². The molecular weight excluding hydrogens is 200 g/mol. The number of hydrogen-bond acceptors (Lipinski definition) is 5. The largest absolute Gasteiger partial charge is 0.395 e. The van der Waals surface area contributed by atoms with E-state index in [2.05, 4.69) is 0 Å². The van der Waals surface area contributed by atoms with Crippen LogP contribution in [0.5, 0.6) is 0 Å². The average Bonchev–Trinajstić information content (AvgIpc) is 2.27. The molecule has 0 amide bonds. The summed E-state index contributed by atoms with van der Waals surface area (Å²) in [6.45, 7) is -0.385. The molecular formula is C9H12N2O4. The smallest absolute Gasteiger partial charge is 0.269 e. The van der Waals surface area contributed by atoms with Crippen molar-refractivity contribution in [3.8, 4) is 0 Å². The molecule has 0 saturated carbocycles. The lowest BCUT2D eigenvalue weighted by atomic mass is 10.0. The second kappa shape index (κ2) is 4.83. The molecule has 1 aromatic rings. The van der Waals surface area contributed by atoms with Gasteiger partial charge in [0, 0.05) is 12.1 Å². The van der Waals surface area contributed by atoms with Crippen LogP contribution in [0.3, 0.4) is 0 Å². The molecule has 2 unspecified atom stereocenters. The SMILES string of the molecule is NC(CO)C(O)c1cccc([N+](=O)[O-])c1. The molecule has 0 aliphatic heterocycles. The van der Waals surface area contributed by atoms with Gasteiger partial charge in [-0.05, 0) is 5.56 Å². The molecule has 6 nitrogen and oxygen atoms in total. The molecule has 0 aliphatic carbocycles. The zero-order valence-corrected chi connectivity index (χ0v) is 7.91. The highest BCUT2D eigenvalue weighted by Crippen LogP contribution is 2.20. The Morgan fingerprint density at radius 3 is 2.73 bits per heavy atom. The third-order valence-corrected chi connectivity index (χ3v) is 2.04. The highest BCUT2D eigenvalue weighted by Gasteiger charge is 2.18. The Labute approximate surface area is 86.1 Å². The molecule has 82 valence electrons. The molecule has 0 radical (unpaired) electrons. The van der Waals surface area contributed by atoms with Gasteiger partial charge in [0.1, 0.15) is 0 Å². The van der Waals surface area contributed by atoms with E-state index in [1.165, 1.54) is 24.3 Å². The number of rotatable bonds is 4. The summed E-state index contributed by atoms with van der Waals surface area (Å²) in [5.41, 5.74) is 5.62. The summed E-state index contributed by atoms with van der Waals surface area (Å²) in [6.07, 6.45) is -1.10. The molecule has 2 atom stereocenters. The maximum Gasteiger partial charge on any atom is 0.269 e. The van der Waals surface area contributed by atoms with Crippen LogP contribution in [0, 0.1) is 10.1 Å². The van der Waals surface area contributed by atoms with Gasteiger partial charge in [0.05, 0.1) is 23.7 Å². The molecule has 0 heterocycles. The average molecular weight is 212 g/mol. The summed E-state index contributed by atoms with van der Waals surface area (Å²) in [5, 5.41) is 28.8. The van der Waals surface area contributed by atoms with Gasteiger partial charge in [-0.25, -0.2) is 0 Å². The number of nitrogens with zero attached hydrogens (tertiary/aromatic N) is 1. The molecule has 0 spiro atoms. The topological polar surface area (TPSA) is 110 Å². The molecule has 0 fully saturated rings. The summed E-state index contributed by atoms with van der Waals surface area (Å²) in [6, 6.07) is 4.70. The van der Waals surface area contributed by atoms with Gasteiger partial charge in [0.25, 0.3) is 5.69 Å². The fraction of sp³-hybridized carbons (Fsp3) is 0.333. The van der Waals surface area contributed by atoms with Gasteiger partial charge in [-0.2, -0.15) is 0 Å². The van der Waals surface area contributed by atoms with Crippen LogP contribution < -0.4 is 5.73 Å². The molecule has 1 aromatic carbocycles. The second-order valence-electron chi connectivity index (χ2n) is 3.14. The van der Waals surface area contributed by atoms with E-state index in [1.807, 2.05) is 0 Å². The Bertz CT molecular complexity index is 356. The highest BCUT2D eigenvalue weighted by molar-refractivity contribution is 5.35. The zero-order valence-electron chi connectivity index (χ0n) is 7.91. The first kappa shape index (κ1) is 11.6. The summed E-state index contributed by atoms with van der Waals surface area (Å²) in [5.74, 6) is 0. The van der Waals surface area contributed by atoms with E-state index in [-0.39, 0.29) is 12.3 Å². The molecule has 15 heavy (non-hydrogen) atoms. The van der Waals surface area contributed by atoms with Crippen molar-refractivity contribution in [2.45, 2.75) is 12.1 Å². The molecule has 6 heteroatoms. The summed E-state index contributed by atoms with van der Waals surface area (Å²) < 4.78 is 0. The Morgan fingerprint density at radius 1 is 1.53 bits per heavy atom. The van der Waals surface area contributed by atoms with E-state index in [0.717, 1.165) is 0 Å². The summed E-state index contributed by atoms with van der Waals surface area (Å²) in [4.78, 5) is 9.90. The van der Waals surface area contributed by atoms with Gasteiger partial charge < -0.3 is 15.9 Å². The monoisotopic (exact) mass is 212 g/mol. The Hall–Kier alpha value is -1.50. The lowest BCUT2D eigenvalue weighted by Gasteiger charge is -2.16. The van der Waals surface area contributed by atoms with Crippen molar-refractivity contribution in [3.05, 3.63) is 39.9 Å². The number of non-ortho nitro benzene ring substituents is 1. The third-order valence-electron chi connectivity index (χ3n) is 2.04.